The van der Waals surface area contributed by atoms with Crippen molar-refractivity contribution in [3.05, 3.63) is 17.0 Å². The first-order valence-corrected chi connectivity index (χ1v) is 5.60. The Morgan fingerprint density at radius 1 is 1.35 bits per heavy atom. The van der Waals surface area contributed by atoms with Crippen LogP contribution in [0.25, 0.3) is 0 Å². The molecule has 1 fully saturated rings. The minimum atomic E-state index is -4.58. The summed E-state index contributed by atoms with van der Waals surface area (Å²) in [6, 6.07) is 1.48. The lowest BCUT2D eigenvalue weighted by molar-refractivity contribution is -0.144. The lowest BCUT2D eigenvalue weighted by atomic mass is 9.82. The summed E-state index contributed by atoms with van der Waals surface area (Å²) in [6.07, 6.45) is -2.71. The Morgan fingerprint density at radius 3 is 2.53 bits per heavy atom. The molecular formula is C10H11ClF3N3. The maximum Gasteiger partial charge on any atom is 0.451 e. The fraction of sp³-hybridized carbons (Fsp3) is 0.600. The maximum absolute atomic E-state index is 12.4. The van der Waals surface area contributed by atoms with Gasteiger partial charge >= 0.3 is 6.18 Å². The Labute approximate surface area is 101 Å². The second kappa shape index (κ2) is 4.33. The van der Waals surface area contributed by atoms with E-state index in [0.717, 1.165) is 12.8 Å². The Balaban J connectivity index is 2.14. The largest absolute Gasteiger partial charge is 0.451 e. The topological polar surface area (TPSA) is 37.8 Å². The standard InChI is InChI=1S/C10H11ClF3N3/c1-5-2-6(3-5)15-8-4-7(11)16-9(17-8)10(12,13)14/h4-6H,2-3H2,1H3,(H,15,16,17). The minimum Gasteiger partial charge on any atom is -0.367 e. The van der Waals surface area contributed by atoms with Crippen LogP contribution in [0.15, 0.2) is 6.07 Å². The van der Waals surface area contributed by atoms with Gasteiger partial charge in [-0.15, -0.1) is 0 Å². The number of hydrogen-bond donors (Lipinski definition) is 1. The molecule has 0 atom stereocenters. The molecule has 94 valence electrons. The first kappa shape index (κ1) is 12.4. The van der Waals surface area contributed by atoms with Crippen LogP contribution < -0.4 is 5.32 Å². The molecule has 0 aromatic carbocycles. The lowest BCUT2D eigenvalue weighted by Gasteiger charge is -2.33. The molecule has 1 aromatic rings. The zero-order valence-corrected chi connectivity index (χ0v) is 9.81. The van der Waals surface area contributed by atoms with Crippen molar-refractivity contribution in [1.82, 2.24) is 9.97 Å². The lowest BCUT2D eigenvalue weighted by Crippen LogP contribution is -2.34. The molecule has 0 aliphatic heterocycles. The third kappa shape index (κ3) is 3.00. The molecule has 0 bridgehead atoms. The summed E-state index contributed by atoms with van der Waals surface area (Å²) < 4.78 is 37.3. The van der Waals surface area contributed by atoms with E-state index in [4.69, 9.17) is 11.6 Å². The van der Waals surface area contributed by atoms with Gasteiger partial charge in [0.2, 0.25) is 5.82 Å². The number of hydrogen-bond acceptors (Lipinski definition) is 3. The summed E-state index contributed by atoms with van der Waals surface area (Å²) in [6.45, 7) is 2.09. The van der Waals surface area contributed by atoms with Gasteiger partial charge in [-0.05, 0) is 18.8 Å². The molecule has 7 heteroatoms. The quantitative estimate of drug-likeness (QED) is 0.833. The number of anilines is 1. The average molecular weight is 266 g/mol. The van der Waals surface area contributed by atoms with Crippen molar-refractivity contribution in [2.75, 3.05) is 5.32 Å². The first-order chi connectivity index (χ1) is 7.84. The van der Waals surface area contributed by atoms with Gasteiger partial charge in [-0.25, -0.2) is 9.97 Å². The Bertz CT molecular complexity index is 416. The molecule has 1 aromatic heterocycles. The molecule has 17 heavy (non-hydrogen) atoms. The van der Waals surface area contributed by atoms with Crippen LogP contribution in [-0.4, -0.2) is 16.0 Å². The fourth-order valence-electron chi connectivity index (χ4n) is 1.85. The summed E-state index contributed by atoms with van der Waals surface area (Å²) >= 11 is 5.54. The highest BCUT2D eigenvalue weighted by atomic mass is 35.5. The van der Waals surface area contributed by atoms with Gasteiger partial charge < -0.3 is 5.32 Å². The summed E-state index contributed by atoms with van der Waals surface area (Å²) in [7, 11) is 0. The van der Waals surface area contributed by atoms with Gasteiger partial charge in [-0.3, -0.25) is 0 Å². The number of nitrogens with one attached hydrogen (secondary N) is 1. The van der Waals surface area contributed by atoms with Crippen LogP contribution in [0.1, 0.15) is 25.6 Å². The number of rotatable bonds is 2. The summed E-state index contributed by atoms with van der Waals surface area (Å²) in [5.74, 6) is -0.471. The molecule has 1 heterocycles. The number of nitrogens with zero attached hydrogens (tertiary/aromatic N) is 2. The Hall–Kier alpha value is -1.04. The van der Waals surface area contributed by atoms with Crippen LogP contribution in [-0.2, 0) is 6.18 Å². The number of alkyl halides is 3. The smallest absolute Gasteiger partial charge is 0.367 e. The fourth-order valence-corrected chi connectivity index (χ4v) is 2.03. The van der Waals surface area contributed by atoms with E-state index in [0.29, 0.717) is 5.92 Å². The molecule has 0 spiro atoms. The Morgan fingerprint density at radius 2 is 2.00 bits per heavy atom. The zero-order valence-electron chi connectivity index (χ0n) is 9.05. The monoisotopic (exact) mass is 265 g/mol. The highest BCUT2D eigenvalue weighted by molar-refractivity contribution is 6.29. The SMILES string of the molecule is CC1CC(Nc2cc(Cl)nc(C(F)(F)F)n2)C1. The van der Waals surface area contributed by atoms with Crippen molar-refractivity contribution < 1.29 is 13.2 Å². The molecule has 0 amide bonds. The molecule has 0 unspecified atom stereocenters. The Kier molecular flexibility index (Phi) is 3.16. The van der Waals surface area contributed by atoms with Crippen LogP contribution in [0.2, 0.25) is 5.15 Å². The van der Waals surface area contributed by atoms with E-state index in [1.54, 1.807) is 0 Å². The van der Waals surface area contributed by atoms with Crippen molar-refractivity contribution in [1.29, 1.82) is 0 Å². The predicted molar refractivity (Wildman–Crippen MR) is 57.9 cm³/mol. The van der Waals surface area contributed by atoms with Gasteiger partial charge in [0.05, 0.1) is 0 Å². The van der Waals surface area contributed by atoms with E-state index in [-0.39, 0.29) is 17.0 Å². The van der Waals surface area contributed by atoms with Crippen LogP contribution in [0.3, 0.4) is 0 Å². The predicted octanol–water partition coefficient (Wildman–Crippen LogP) is 3.36. The van der Waals surface area contributed by atoms with Crippen LogP contribution >= 0.6 is 11.6 Å². The summed E-state index contributed by atoms with van der Waals surface area (Å²) in [5, 5.41) is 2.72. The zero-order chi connectivity index (χ0) is 12.6. The number of aromatic nitrogens is 2. The van der Waals surface area contributed by atoms with Crippen LogP contribution in [0.5, 0.6) is 0 Å². The van der Waals surface area contributed by atoms with Gasteiger partial charge in [0.25, 0.3) is 0 Å². The minimum absolute atomic E-state index is 0.134. The number of halogens is 4. The van der Waals surface area contributed by atoms with Gasteiger partial charge in [0.1, 0.15) is 11.0 Å². The van der Waals surface area contributed by atoms with Gasteiger partial charge in [0, 0.05) is 12.1 Å². The molecule has 0 radical (unpaired) electrons. The van der Waals surface area contributed by atoms with Gasteiger partial charge in [-0.1, -0.05) is 18.5 Å². The van der Waals surface area contributed by atoms with E-state index in [2.05, 4.69) is 22.2 Å². The van der Waals surface area contributed by atoms with E-state index in [9.17, 15) is 13.2 Å². The van der Waals surface area contributed by atoms with E-state index < -0.39 is 12.0 Å². The maximum atomic E-state index is 12.4. The normalized spacial score (nSPS) is 24.3. The molecule has 1 aliphatic carbocycles. The van der Waals surface area contributed by atoms with Crippen molar-refractivity contribution >= 4 is 17.4 Å². The van der Waals surface area contributed by atoms with E-state index in [1.165, 1.54) is 6.07 Å². The van der Waals surface area contributed by atoms with Crippen molar-refractivity contribution in [3.8, 4) is 0 Å². The molecule has 1 N–H and O–H groups in total. The molecule has 2 rings (SSSR count). The van der Waals surface area contributed by atoms with Crippen molar-refractivity contribution in [3.63, 3.8) is 0 Å². The molecule has 0 saturated heterocycles. The molecule has 1 aliphatic rings. The van der Waals surface area contributed by atoms with Crippen LogP contribution in [0.4, 0.5) is 19.0 Å². The third-order valence-corrected chi connectivity index (χ3v) is 2.87. The highest BCUT2D eigenvalue weighted by Crippen LogP contribution is 2.31. The van der Waals surface area contributed by atoms with E-state index >= 15 is 0 Å². The summed E-state index contributed by atoms with van der Waals surface area (Å²) in [5.41, 5.74) is 0. The summed E-state index contributed by atoms with van der Waals surface area (Å²) in [4.78, 5) is 6.58. The molecule has 3 nitrogen and oxygen atoms in total. The van der Waals surface area contributed by atoms with Crippen molar-refractivity contribution in [2.24, 2.45) is 5.92 Å². The average Bonchev–Trinajstić information content (AvgIpc) is 2.13. The second-order valence-electron chi connectivity index (χ2n) is 4.32. The van der Waals surface area contributed by atoms with Gasteiger partial charge in [-0.2, -0.15) is 13.2 Å². The first-order valence-electron chi connectivity index (χ1n) is 5.23. The third-order valence-electron chi connectivity index (χ3n) is 2.67. The van der Waals surface area contributed by atoms with Crippen LogP contribution in [0, 0.1) is 5.92 Å². The van der Waals surface area contributed by atoms with Gasteiger partial charge in [0.15, 0.2) is 0 Å². The second-order valence-corrected chi connectivity index (χ2v) is 4.70. The van der Waals surface area contributed by atoms with E-state index in [1.807, 2.05) is 0 Å². The molecular weight excluding hydrogens is 255 g/mol. The molecule has 1 saturated carbocycles. The van der Waals surface area contributed by atoms with Crippen molar-refractivity contribution in [2.45, 2.75) is 32.0 Å². The highest BCUT2D eigenvalue weighted by Gasteiger charge is 2.35.